The number of halogens is 1. The molecule has 0 saturated carbocycles. The minimum Gasteiger partial charge on any atom is -0.317 e. The van der Waals surface area contributed by atoms with Gasteiger partial charge >= 0.3 is 0 Å². The van der Waals surface area contributed by atoms with Gasteiger partial charge in [-0.2, -0.15) is 10.1 Å². The first kappa shape index (κ1) is 17.9. The second kappa shape index (κ2) is 8.34. The van der Waals surface area contributed by atoms with E-state index in [4.69, 9.17) is 0 Å². The Morgan fingerprint density at radius 2 is 2.14 bits per heavy atom. The summed E-state index contributed by atoms with van der Waals surface area (Å²) in [6, 6.07) is 0. The Morgan fingerprint density at radius 3 is 2.76 bits per heavy atom. The number of anilines is 1. The molecule has 0 bridgehead atoms. The summed E-state index contributed by atoms with van der Waals surface area (Å²) in [7, 11) is 1.83. The van der Waals surface area contributed by atoms with Gasteiger partial charge in [0.25, 0.3) is 0 Å². The van der Waals surface area contributed by atoms with Crippen molar-refractivity contribution in [2.45, 2.75) is 45.4 Å². The maximum Gasteiger partial charge on any atom is 0.229 e. The summed E-state index contributed by atoms with van der Waals surface area (Å²) in [6.45, 7) is 6.06. The van der Waals surface area contributed by atoms with E-state index < -0.39 is 0 Å². The number of hydrogen-bond donors (Lipinski definition) is 2. The van der Waals surface area contributed by atoms with Gasteiger partial charge < -0.3 is 5.32 Å². The van der Waals surface area contributed by atoms with Gasteiger partial charge in [0.2, 0.25) is 11.9 Å². The van der Waals surface area contributed by atoms with Crippen LogP contribution >= 0.6 is 12.4 Å². The highest BCUT2D eigenvalue weighted by Crippen LogP contribution is 2.23. The van der Waals surface area contributed by atoms with Crippen LogP contribution in [0.5, 0.6) is 0 Å². The fourth-order valence-electron chi connectivity index (χ4n) is 2.56. The number of nitrogens with one attached hydrogen (secondary N) is 2. The lowest BCUT2D eigenvalue weighted by Gasteiger charge is -2.19. The summed E-state index contributed by atoms with van der Waals surface area (Å²) in [5, 5.41) is 10.7. The first-order valence-corrected chi connectivity index (χ1v) is 7.54. The Morgan fingerprint density at radius 1 is 1.48 bits per heavy atom. The molecule has 0 aliphatic carbocycles. The van der Waals surface area contributed by atoms with Crippen LogP contribution in [0.1, 0.15) is 51.3 Å². The molecule has 1 unspecified atom stereocenters. The zero-order valence-corrected chi connectivity index (χ0v) is 13.9. The molecule has 120 valence electrons. The molecule has 1 amide bonds. The number of hydrogen-bond acceptors (Lipinski definition) is 4. The lowest BCUT2D eigenvalue weighted by Crippen LogP contribution is -2.27. The van der Waals surface area contributed by atoms with E-state index in [0.29, 0.717) is 11.9 Å². The highest BCUT2D eigenvalue weighted by atomic mass is 35.5. The summed E-state index contributed by atoms with van der Waals surface area (Å²) >= 11 is 0. The number of aromatic nitrogens is 3. The van der Waals surface area contributed by atoms with E-state index in [1.807, 2.05) is 14.0 Å². The molecule has 1 aliphatic heterocycles. The van der Waals surface area contributed by atoms with Crippen molar-refractivity contribution in [3.8, 4) is 0 Å². The van der Waals surface area contributed by atoms with Crippen molar-refractivity contribution in [2.24, 2.45) is 13.0 Å². The third-order valence-electron chi connectivity index (χ3n) is 3.89. The highest BCUT2D eigenvalue weighted by molar-refractivity contribution is 5.90. The van der Waals surface area contributed by atoms with Crippen molar-refractivity contribution in [1.82, 2.24) is 20.1 Å². The standard InChI is InChI=1S/C14H25N5O.ClH/c1-4-5-10(2)13(20)17-14-16-12(18-19(14)3)11-6-8-15-9-7-11;/h10-11,15H,4-9H2,1-3H3,(H,16,17,18,20);1H. The molecule has 21 heavy (non-hydrogen) atoms. The predicted molar refractivity (Wildman–Crippen MR) is 85.8 cm³/mol. The molecule has 1 atom stereocenters. The fraction of sp³-hybridized carbons (Fsp3) is 0.786. The Kier molecular flexibility index (Phi) is 7.11. The van der Waals surface area contributed by atoms with Crippen LogP contribution in [-0.2, 0) is 11.8 Å². The van der Waals surface area contributed by atoms with E-state index in [1.54, 1.807) is 4.68 Å². The topological polar surface area (TPSA) is 71.8 Å². The van der Waals surface area contributed by atoms with Crippen molar-refractivity contribution in [3.63, 3.8) is 0 Å². The zero-order valence-electron chi connectivity index (χ0n) is 13.1. The molecule has 6 nitrogen and oxygen atoms in total. The summed E-state index contributed by atoms with van der Waals surface area (Å²) in [4.78, 5) is 16.5. The third-order valence-corrected chi connectivity index (χ3v) is 3.89. The second-order valence-electron chi connectivity index (χ2n) is 5.62. The van der Waals surface area contributed by atoms with E-state index >= 15 is 0 Å². The van der Waals surface area contributed by atoms with Crippen molar-refractivity contribution >= 4 is 24.3 Å². The van der Waals surface area contributed by atoms with Crippen LogP contribution in [0.2, 0.25) is 0 Å². The quantitative estimate of drug-likeness (QED) is 0.872. The molecule has 1 saturated heterocycles. The van der Waals surface area contributed by atoms with Gasteiger partial charge in [-0.1, -0.05) is 20.3 Å². The molecule has 7 heteroatoms. The van der Waals surface area contributed by atoms with Crippen LogP contribution in [0.15, 0.2) is 0 Å². The molecule has 1 aliphatic rings. The Bertz CT molecular complexity index is 456. The van der Waals surface area contributed by atoms with Gasteiger partial charge in [0, 0.05) is 18.9 Å². The Labute approximate surface area is 132 Å². The SMILES string of the molecule is CCCC(C)C(=O)Nc1nc(C2CCNCC2)nn1C.Cl. The van der Waals surface area contributed by atoms with Crippen molar-refractivity contribution in [3.05, 3.63) is 5.82 Å². The van der Waals surface area contributed by atoms with Gasteiger partial charge in [-0.25, -0.2) is 4.68 Å². The molecule has 2 heterocycles. The van der Waals surface area contributed by atoms with E-state index in [1.165, 1.54) is 0 Å². The summed E-state index contributed by atoms with van der Waals surface area (Å²) in [6.07, 6.45) is 4.02. The number of rotatable bonds is 5. The van der Waals surface area contributed by atoms with Crippen molar-refractivity contribution < 1.29 is 4.79 Å². The van der Waals surface area contributed by atoms with Gasteiger partial charge in [-0.3, -0.25) is 10.1 Å². The number of amides is 1. The highest BCUT2D eigenvalue weighted by Gasteiger charge is 2.22. The van der Waals surface area contributed by atoms with Crippen LogP contribution in [-0.4, -0.2) is 33.8 Å². The normalized spacial score (nSPS) is 17.1. The van der Waals surface area contributed by atoms with Gasteiger partial charge in [-0.15, -0.1) is 12.4 Å². The van der Waals surface area contributed by atoms with Crippen molar-refractivity contribution in [1.29, 1.82) is 0 Å². The molecule has 0 aromatic carbocycles. The number of piperidine rings is 1. The average Bonchev–Trinajstić information content (AvgIpc) is 2.81. The van der Waals surface area contributed by atoms with E-state index in [0.717, 1.165) is 44.6 Å². The van der Waals surface area contributed by atoms with Gasteiger partial charge in [0.1, 0.15) is 0 Å². The number of aryl methyl sites for hydroxylation is 1. The molecule has 0 spiro atoms. The fourth-order valence-corrected chi connectivity index (χ4v) is 2.56. The van der Waals surface area contributed by atoms with E-state index in [9.17, 15) is 4.79 Å². The number of carbonyl (C=O) groups excluding carboxylic acids is 1. The summed E-state index contributed by atoms with van der Waals surface area (Å²) < 4.78 is 1.67. The molecule has 0 radical (unpaired) electrons. The van der Waals surface area contributed by atoms with Crippen LogP contribution in [0.25, 0.3) is 0 Å². The van der Waals surface area contributed by atoms with Crippen LogP contribution in [0.4, 0.5) is 5.95 Å². The van der Waals surface area contributed by atoms with Gasteiger partial charge in [0.15, 0.2) is 5.82 Å². The number of nitrogens with zero attached hydrogens (tertiary/aromatic N) is 3. The smallest absolute Gasteiger partial charge is 0.229 e. The third kappa shape index (κ3) is 4.68. The maximum atomic E-state index is 12.0. The van der Waals surface area contributed by atoms with Crippen molar-refractivity contribution in [2.75, 3.05) is 18.4 Å². The summed E-state index contributed by atoms with van der Waals surface area (Å²) in [5.74, 6) is 1.86. The molecule has 2 rings (SSSR count). The summed E-state index contributed by atoms with van der Waals surface area (Å²) in [5.41, 5.74) is 0. The average molecular weight is 316 g/mol. The lowest BCUT2D eigenvalue weighted by atomic mass is 9.98. The molecule has 1 aromatic rings. The molecular formula is C14H26ClN5O. The minimum atomic E-state index is 0. The molecule has 2 N–H and O–H groups in total. The Hall–Kier alpha value is -1.14. The monoisotopic (exact) mass is 315 g/mol. The first-order valence-electron chi connectivity index (χ1n) is 7.54. The zero-order chi connectivity index (χ0) is 14.5. The van der Waals surface area contributed by atoms with Gasteiger partial charge in [0.05, 0.1) is 0 Å². The first-order chi connectivity index (χ1) is 9.61. The molecule has 1 aromatic heterocycles. The van der Waals surface area contributed by atoms with E-state index in [2.05, 4.69) is 27.6 Å². The minimum absolute atomic E-state index is 0. The lowest BCUT2D eigenvalue weighted by molar-refractivity contribution is -0.119. The maximum absolute atomic E-state index is 12.0. The molecule has 1 fully saturated rings. The van der Waals surface area contributed by atoms with Gasteiger partial charge in [-0.05, 0) is 32.4 Å². The largest absolute Gasteiger partial charge is 0.317 e. The Balaban J connectivity index is 0.00000220. The van der Waals surface area contributed by atoms with E-state index in [-0.39, 0.29) is 24.2 Å². The molecular weight excluding hydrogens is 290 g/mol. The van der Waals surface area contributed by atoms with Crippen LogP contribution < -0.4 is 10.6 Å². The predicted octanol–water partition coefficient (Wildman–Crippen LogP) is 2.08. The second-order valence-corrected chi connectivity index (χ2v) is 5.62. The number of carbonyl (C=O) groups is 1. The van der Waals surface area contributed by atoms with Crippen LogP contribution in [0.3, 0.4) is 0 Å². The van der Waals surface area contributed by atoms with Crippen LogP contribution in [0, 0.1) is 5.92 Å².